The van der Waals surface area contributed by atoms with Crippen LogP contribution in [0.3, 0.4) is 0 Å². The lowest BCUT2D eigenvalue weighted by molar-refractivity contribution is 0.180. The molecule has 1 aromatic carbocycles. The molecule has 0 aliphatic heterocycles. The predicted molar refractivity (Wildman–Crippen MR) is 75.8 cm³/mol. The maximum atomic E-state index is 9.61. The van der Waals surface area contributed by atoms with E-state index in [1.54, 1.807) is 6.07 Å². The van der Waals surface area contributed by atoms with Crippen LogP contribution in [0.1, 0.15) is 57.4 Å². The minimum Gasteiger partial charge on any atom is -0.508 e. The average molecular weight is 250 g/mol. The Labute approximate surface area is 111 Å². The summed E-state index contributed by atoms with van der Waals surface area (Å²) in [5.41, 5.74) is 1.06. The molecule has 0 saturated carbocycles. The highest BCUT2D eigenvalue weighted by molar-refractivity contribution is 5.31. The highest BCUT2D eigenvalue weighted by Gasteiger charge is 1.99. The van der Waals surface area contributed by atoms with Crippen LogP contribution >= 0.6 is 0 Å². The molecule has 0 heterocycles. The fourth-order valence-electron chi connectivity index (χ4n) is 2.18. The number of aromatic hydroxyl groups is 1. The van der Waals surface area contributed by atoms with Crippen LogP contribution in [0, 0.1) is 0 Å². The summed E-state index contributed by atoms with van der Waals surface area (Å²) in [6.45, 7) is 1.85. The molecule has 1 unspecified atom stereocenters. The second-order valence-electron chi connectivity index (χ2n) is 5.14. The second-order valence-corrected chi connectivity index (χ2v) is 5.14. The van der Waals surface area contributed by atoms with Gasteiger partial charge in [0, 0.05) is 0 Å². The number of rotatable bonds is 9. The Hall–Kier alpha value is -1.02. The normalized spacial score (nSPS) is 12.6. The van der Waals surface area contributed by atoms with E-state index in [9.17, 15) is 5.11 Å². The molecule has 0 radical (unpaired) electrons. The van der Waals surface area contributed by atoms with Crippen LogP contribution in [0.2, 0.25) is 0 Å². The van der Waals surface area contributed by atoms with Crippen LogP contribution in [0.4, 0.5) is 0 Å². The van der Waals surface area contributed by atoms with Gasteiger partial charge >= 0.3 is 0 Å². The van der Waals surface area contributed by atoms with Gasteiger partial charge in [0.2, 0.25) is 0 Å². The molecule has 1 rings (SSSR count). The number of aliphatic hydroxyl groups excluding tert-OH is 1. The van der Waals surface area contributed by atoms with Crippen LogP contribution in [-0.4, -0.2) is 16.3 Å². The zero-order valence-corrected chi connectivity index (χ0v) is 11.4. The second kappa shape index (κ2) is 8.98. The number of phenols is 1. The molecule has 1 atom stereocenters. The van der Waals surface area contributed by atoms with E-state index in [1.807, 2.05) is 25.1 Å². The maximum Gasteiger partial charge on any atom is 0.118 e. The van der Waals surface area contributed by atoms with E-state index in [-0.39, 0.29) is 6.10 Å². The first kappa shape index (κ1) is 15.0. The van der Waals surface area contributed by atoms with Crippen molar-refractivity contribution in [3.63, 3.8) is 0 Å². The van der Waals surface area contributed by atoms with Crippen molar-refractivity contribution in [2.45, 2.75) is 64.4 Å². The molecule has 0 aliphatic rings. The number of hydrogen-bond acceptors (Lipinski definition) is 2. The average Bonchev–Trinajstić information content (AvgIpc) is 2.34. The Morgan fingerprint density at radius 1 is 0.944 bits per heavy atom. The smallest absolute Gasteiger partial charge is 0.118 e. The Morgan fingerprint density at radius 2 is 1.56 bits per heavy atom. The van der Waals surface area contributed by atoms with Crippen LogP contribution < -0.4 is 0 Å². The topological polar surface area (TPSA) is 40.5 Å². The molecule has 2 nitrogen and oxygen atoms in total. The van der Waals surface area contributed by atoms with E-state index >= 15 is 0 Å². The van der Waals surface area contributed by atoms with Gasteiger partial charge in [0.25, 0.3) is 0 Å². The monoisotopic (exact) mass is 250 g/mol. The molecule has 102 valence electrons. The van der Waals surface area contributed by atoms with E-state index in [2.05, 4.69) is 0 Å². The summed E-state index contributed by atoms with van der Waals surface area (Å²) in [6, 6.07) is 7.59. The molecule has 2 heteroatoms. The lowest BCUT2D eigenvalue weighted by Gasteiger charge is -2.05. The highest BCUT2D eigenvalue weighted by Crippen LogP contribution is 2.18. The van der Waals surface area contributed by atoms with E-state index in [0.717, 1.165) is 31.2 Å². The SMILES string of the molecule is CC(O)CCCCCCCCc1ccccc1O. The third kappa shape index (κ3) is 6.65. The van der Waals surface area contributed by atoms with Gasteiger partial charge in [-0.1, -0.05) is 50.3 Å². The van der Waals surface area contributed by atoms with Crippen LogP contribution in [0.25, 0.3) is 0 Å². The summed E-state index contributed by atoms with van der Waals surface area (Å²) < 4.78 is 0. The van der Waals surface area contributed by atoms with Gasteiger partial charge in [0.15, 0.2) is 0 Å². The number of aliphatic hydroxyl groups is 1. The van der Waals surface area contributed by atoms with E-state index in [4.69, 9.17) is 5.11 Å². The van der Waals surface area contributed by atoms with Crippen molar-refractivity contribution in [2.75, 3.05) is 0 Å². The number of phenolic OH excluding ortho intramolecular Hbond substituents is 1. The summed E-state index contributed by atoms with van der Waals surface area (Å²) in [5.74, 6) is 0.425. The first-order valence-electron chi connectivity index (χ1n) is 7.15. The Morgan fingerprint density at radius 3 is 2.22 bits per heavy atom. The zero-order valence-electron chi connectivity index (χ0n) is 11.4. The molecule has 0 aromatic heterocycles. The molecule has 0 aliphatic carbocycles. The zero-order chi connectivity index (χ0) is 13.2. The summed E-state index contributed by atoms with van der Waals surface area (Å²) in [7, 11) is 0. The lowest BCUT2D eigenvalue weighted by Crippen LogP contribution is -1.98. The number of benzene rings is 1. The predicted octanol–water partition coefficient (Wildman–Crippen LogP) is 4.05. The van der Waals surface area contributed by atoms with Gasteiger partial charge in [-0.05, 0) is 37.8 Å². The van der Waals surface area contributed by atoms with E-state index in [0.29, 0.717) is 5.75 Å². The van der Waals surface area contributed by atoms with Gasteiger partial charge in [-0.2, -0.15) is 0 Å². The van der Waals surface area contributed by atoms with Gasteiger partial charge in [-0.15, -0.1) is 0 Å². The summed E-state index contributed by atoms with van der Waals surface area (Å²) in [6.07, 6.45) is 9.00. The third-order valence-electron chi connectivity index (χ3n) is 3.31. The lowest BCUT2D eigenvalue weighted by atomic mass is 10.0. The van der Waals surface area contributed by atoms with E-state index in [1.165, 1.54) is 25.7 Å². The van der Waals surface area contributed by atoms with Crippen molar-refractivity contribution < 1.29 is 10.2 Å². The van der Waals surface area contributed by atoms with Crippen molar-refractivity contribution in [2.24, 2.45) is 0 Å². The molecule has 2 N–H and O–H groups in total. The Bertz CT molecular complexity index is 321. The first-order valence-corrected chi connectivity index (χ1v) is 7.15. The summed E-state index contributed by atoms with van der Waals surface area (Å²) in [4.78, 5) is 0. The molecular weight excluding hydrogens is 224 g/mol. The Kier molecular flexibility index (Phi) is 7.51. The molecule has 0 fully saturated rings. The van der Waals surface area contributed by atoms with Crippen molar-refractivity contribution in [3.8, 4) is 5.75 Å². The maximum absolute atomic E-state index is 9.61. The van der Waals surface area contributed by atoms with Gasteiger partial charge in [0.1, 0.15) is 5.75 Å². The van der Waals surface area contributed by atoms with Gasteiger partial charge in [-0.3, -0.25) is 0 Å². The minimum atomic E-state index is -0.147. The van der Waals surface area contributed by atoms with Gasteiger partial charge in [-0.25, -0.2) is 0 Å². The molecule has 0 bridgehead atoms. The number of unbranched alkanes of at least 4 members (excludes halogenated alkanes) is 5. The first-order chi connectivity index (χ1) is 8.70. The largest absolute Gasteiger partial charge is 0.508 e. The molecule has 0 saturated heterocycles. The number of para-hydroxylation sites is 1. The number of hydrogen-bond donors (Lipinski definition) is 2. The summed E-state index contributed by atoms with van der Waals surface area (Å²) in [5, 5.41) is 18.7. The molecule has 1 aromatic rings. The van der Waals surface area contributed by atoms with Crippen LogP contribution in [-0.2, 0) is 6.42 Å². The molecule has 0 spiro atoms. The van der Waals surface area contributed by atoms with Crippen molar-refractivity contribution in [1.29, 1.82) is 0 Å². The summed E-state index contributed by atoms with van der Waals surface area (Å²) >= 11 is 0. The standard InChI is InChI=1S/C16H26O2/c1-14(17)10-6-4-2-3-5-7-11-15-12-8-9-13-16(15)18/h8-9,12-14,17-18H,2-7,10-11H2,1H3. The van der Waals surface area contributed by atoms with Crippen molar-refractivity contribution >= 4 is 0 Å². The van der Waals surface area contributed by atoms with Gasteiger partial charge < -0.3 is 10.2 Å². The molecule has 18 heavy (non-hydrogen) atoms. The fourth-order valence-corrected chi connectivity index (χ4v) is 2.18. The highest BCUT2D eigenvalue weighted by atomic mass is 16.3. The van der Waals surface area contributed by atoms with Crippen LogP contribution in [0.5, 0.6) is 5.75 Å². The molecular formula is C16H26O2. The number of aryl methyl sites for hydroxylation is 1. The van der Waals surface area contributed by atoms with Crippen molar-refractivity contribution in [1.82, 2.24) is 0 Å². The minimum absolute atomic E-state index is 0.147. The Balaban J connectivity index is 1.98. The van der Waals surface area contributed by atoms with Crippen LogP contribution in [0.15, 0.2) is 24.3 Å². The van der Waals surface area contributed by atoms with E-state index < -0.39 is 0 Å². The molecule has 0 amide bonds. The van der Waals surface area contributed by atoms with Gasteiger partial charge in [0.05, 0.1) is 6.10 Å². The third-order valence-corrected chi connectivity index (χ3v) is 3.31. The fraction of sp³-hybridized carbons (Fsp3) is 0.625. The van der Waals surface area contributed by atoms with Crippen molar-refractivity contribution in [3.05, 3.63) is 29.8 Å². The quantitative estimate of drug-likeness (QED) is 0.649.